The number of nitrogens with one attached hydrogen (secondary N) is 3. The Labute approximate surface area is 169 Å². The fraction of sp³-hybridized carbons (Fsp3) is 0.455. The molecule has 0 bridgehead atoms. The predicted octanol–water partition coefficient (Wildman–Crippen LogP) is 4.65. The van der Waals surface area contributed by atoms with Crippen molar-refractivity contribution in [2.75, 3.05) is 36.8 Å². The zero-order chi connectivity index (χ0) is 18.4. The van der Waals surface area contributed by atoms with Gasteiger partial charge in [-0.05, 0) is 63.8 Å². The monoisotopic (exact) mass is 394 g/mol. The van der Waals surface area contributed by atoms with Crippen molar-refractivity contribution in [2.24, 2.45) is 0 Å². The molecule has 2 aromatic rings. The molecular formula is C22H33MnN3. The van der Waals surface area contributed by atoms with E-state index < -0.39 is 0 Å². The van der Waals surface area contributed by atoms with Crippen LogP contribution in [0.4, 0.5) is 11.4 Å². The normalized spacial score (nSPS) is 10.4. The Morgan fingerprint density at radius 2 is 0.846 bits per heavy atom. The molecule has 3 nitrogen and oxygen atoms in total. The van der Waals surface area contributed by atoms with E-state index in [9.17, 15) is 0 Å². The van der Waals surface area contributed by atoms with Crippen LogP contribution in [-0.4, -0.2) is 26.2 Å². The van der Waals surface area contributed by atoms with Gasteiger partial charge in [-0.2, -0.15) is 0 Å². The Balaban J connectivity index is 0.00000338. The SMILES string of the molecule is Cc1cc(C)c(NCCNCCNc2c(C)cc(C)cc2C)c(C)c1.[Mn]. The second-order valence-electron chi connectivity index (χ2n) is 7.15. The van der Waals surface area contributed by atoms with Gasteiger partial charge in [0, 0.05) is 54.6 Å². The van der Waals surface area contributed by atoms with E-state index in [0.29, 0.717) is 0 Å². The third-order valence-corrected chi connectivity index (χ3v) is 4.56. The molecule has 26 heavy (non-hydrogen) atoms. The van der Waals surface area contributed by atoms with Crippen LogP contribution >= 0.6 is 0 Å². The minimum atomic E-state index is 0. The summed E-state index contributed by atoms with van der Waals surface area (Å²) in [6, 6.07) is 8.94. The maximum atomic E-state index is 3.56. The van der Waals surface area contributed by atoms with Gasteiger partial charge in [0.2, 0.25) is 0 Å². The molecule has 0 saturated carbocycles. The van der Waals surface area contributed by atoms with E-state index in [0.717, 1.165) is 26.2 Å². The topological polar surface area (TPSA) is 36.1 Å². The first-order chi connectivity index (χ1) is 11.9. The van der Waals surface area contributed by atoms with Crippen molar-refractivity contribution >= 4 is 11.4 Å². The van der Waals surface area contributed by atoms with Crippen molar-refractivity contribution in [2.45, 2.75) is 41.5 Å². The first-order valence-corrected chi connectivity index (χ1v) is 9.22. The molecular weight excluding hydrogens is 361 g/mol. The molecule has 3 N–H and O–H groups in total. The molecule has 0 unspecified atom stereocenters. The first-order valence-electron chi connectivity index (χ1n) is 9.22. The fourth-order valence-corrected chi connectivity index (χ4v) is 3.59. The van der Waals surface area contributed by atoms with Crippen LogP contribution in [0.1, 0.15) is 33.4 Å². The van der Waals surface area contributed by atoms with Crippen LogP contribution in [0.15, 0.2) is 24.3 Å². The number of hydrogen-bond acceptors (Lipinski definition) is 3. The molecule has 2 rings (SSSR count). The average Bonchev–Trinajstić information content (AvgIpc) is 2.50. The van der Waals surface area contributed by atoms with E-state index in [-0.39, 0.29) is 17.1 Å². The number of benzene rings is 2. The predicted molar refractivity (Wildman–Crippen MR) is 111 cm³/mol. The van der Waals surface area contributed by atoms with Crippen LogP contribution in [0.25, 0.3) is 0 Å². The molecule has 2 aromatic carbocycles. The van der Waals surface area contributed by atoms with E-state index in [2.05, 4.69) is 81.8 Å². The standard InChI is InChI=1S/C22H33N3.Mn/c1-15-11-17(3)21(18(4)12-15)24-9-7-23-8-10-25-22-19(5)13-16(2)14-20(22)6;/h11-14,23-25H,7-10H2,1-6H3;. The van der Waals surface area contributed by atoms with Crippen LogP contribution in [0.5, 0.6) is 0 Å². The van der Waals surface area contributed by atoms with Gasteiger partial charge in [-0.1, -0.05) is 35.4 Å². The van der Waals surface area contributed by atoms with Crippen LogP contribution < -0.4 is 16.0 Å². The smallest absolute Gasteiger partial charge is 0.0400 e. The molecule has 1 radical (unpaired) electrons. The van der Waals surface area contributed by atoms with Gasteiger partial charge >= 0.3 is 0 Å². The molecule has 0 aliphatic carbocycles. The fourth-order valence-electron chi connectivity index (χ4n) is 3.59. The van der Waals surface area contributed by atoms with E-state index in [1.165, 1.54) is 44.8 Å². The Kier molecular flexibility index (Phi) is 9.21. The molecule has 143 valence electrons. The van der Waals surface area contributed by atoms with Crippen molar-refractivity contribution in [3.8, 4) is 0 Å². The van der Waals surface area contributed by atoms with E-state index in [1.807, 2.05) is 0 Å². The summed E-state index contributed by atoms with van der Waals surface area (Å²) in [4.78, 5) is 0. The molecule has 0 atom stereocenters. The number of aryl methyl sites for hydroxylation is 6. The first kappa shape index (κ1) is 22.6. The molecule has 0 aliphatic rings. The van der Waals surface area contributed by atoms with Gasteiger partial charge in [0.1, 0.15) is 0 Å². The minimum absolute atomic E-state index is 0. The number of anilines is 2. The van der Waals surface area contributed by atoms with Crippen LogP contribution in [0, 0.1) is 41.5 Å². The summed E-state index contributed by atoms with van der Waals surface area (Å²) in [7, 11) is 0. The summed E-state index contributed by atoms with van der Waals surface area (Å²) in [5, 5.41) is 10.6. The summed E-state index contributed by atoms with van der Waals surface area (Å²) in [5.74, 6) is 0. The van der Waals surface area contributed by atoms with Gasteiger partial charge in [0.15, 0.2) is 0 Å². The average molecular weight is 394 g/mol. The van der Waals surface area contributed by atoms with Crippen molar-refractivity contribution in [3.05, 3.63) is 57.6 Å². The second kappa shape index (κ2) is 10.6. The molecule has 0 amide bonds. The van der Waals surface area contributed by atoms with Gasteiger partial charge in [0.05, 0.1) is 0 Å². The molecule has 0 spiro atoms. The van der Waals surface area contributed by atoms with Crippen LogP contribution in [0.3, 0.4) is 0 Å². The van der Waals surface area contributed by atoms with Gasteiger partial charge in [-0.15, -0.1) is 0 Å². The molecule has 4 heteroatoms. The third-order valence-electron chi connectivity index (χ3n) is 4.56. The van der Waals surface area contributed by atoms with Gasteiger partial charge in [-0.25, -0.2) is 0 Å². The summed E-state index contributed by atoms with van der Waals surface area (Å²) in [5.41, 5.74) is 10.5. The third kappa shape index (κ3) is 6.35. The molecule has 0 aromatic heterocycles. The zero-order valence-corrected chi connectivity index (χ0v) is 18.2. The van der Waals surface area contributed by atoms with E-state index in [4.69, 9.17) is 0 Å². The van der Waals surface area contributed by atoms with Gasteiger partial charge in [-0.3, -0.25) is 0 Å². The summed E-state index contributed by atoms with van der Waals surface area (Å²) in [6.07, 6.45) is 0. The summed E-state index contributed by atoms with van der Waals surface area (Å²) >= 11 is 0. The zero-order valence-electron chi connectivity index (χ0n) is 17.0. The van der Waals surface area contributed by atoms with Crippen LogP contribution in [0.2, 0.25) is 0 Å². The largest absolute Gasteiger partial charge is 0.383 e. The minimum Gasteiger partial charge on any atom is -0.383 e. The molecule has 0 fully saturated rings. The second-order valence-corrected chi connectivity index (χ2v) is 7.15. The molecule has 0 heterocycles. The molecule has 0 aliphatic heterocycles. The van der Waals surface area contributed by atoms with Crippen molar-refractivity contribution in [1.82, 2.24) is 5.32 Å². The Morgan fingerprint density at radius 3 is 1.15 bits per heavy atom. The van der Waals surface area contributed by atoms with Crippen molar-refractivity contribution in [1.29, 1.82) is 0 Å². The Morgan fingerprint density at radius 1 is 0.538 bits per heavy atom. The number of rotatable bonds is 8. The quantitative estimate of drug-likeness (QED) is 0.451. The number of hydrogen-bond donors (Lipinski definition) is 3. The van der Waals surface area contributed by atoms with Gasteiger partial charge in [0.25, 0.3) is 0 Å². The summed E-state index contributed by atoms with van der Waals surface area (Å²) in [6.45, 7) is 16.8. The summed E-state index contributed by atoms with van der Waals surface area (Å²) < 4.78 is 0. The Hall–Kier alpha value is -1.48. The maximum Gasteiger partial charge on any atom is 0.0400 e. The maximum absolute atomic E-state index is 3.56. The Bertz CT molecular complexity index is 618. The van der Waals surface area contributed by atoms with Crippen molar-refractivity contribution < 1.29 is 17.1 Å². The van der Waals surface area contributed by atoms with Gasteiger partial charge < -0.3 is 16.0 Å². The van der Waals surface area contributed by atoms with Crippen LogP contribution in [-0.2, 0) is 17.1 Å². The van der Waals surface area contributed by atoms with Crippen molar-refractivity contribution in [3.63, 3.8) is 0 Å². The van der Waals surface area contributed by atoms with E-state index in [1.54, 1.807) is 0 Å². The molecule has 0 saturated heterocycles. The van der Waals surface area contributed by atoms with E-state index >= 15 is 0 Å².